The SMILES string of the molecule is CN(Cc1ccccc1N1CCOCC1)C(=O)CC1CC2CCC(C1)N2.Cl.Cl. The minimum atomic E-state index is 0. The van der Waals surface area contributed by atoms with Crippen LogP contribution in [0.5, 0.6) is 0 Å². The van der Waals surface area contributed by atoms with Gasteiger partial charge in [-0.25, -0.2) is 0 Å². The zero-order chi connectivity index (χ0) is 17.9. The van der Waals surface area contributed by atoms with E-state index in [1.807, 2.05) is 11.9 Å². The Bertz CT molecular complexity index is 628. The summed E-state index contributed by atoms with van der Waals surface area (Å²) in [6, 6.07) is 9.78. The summed E-state index contributed by atoms with van der Waals surface area (Å²) >= 11 is 0. The van der Waals surface area contributed by atoms with Crippen molar-refractivity contribution in [2.24, 2.45) is 5.92 Å². The highest BCUT2D eigenvalue weighted by atomic mass is 35.5. The van der Waals surface area contributed by atoms with Gasteiger partial charge in [-0.2, -0.15) is 0 Å². The van der Waals surface area contributed by atoms with Gasteiger partial charge < -0.3 is 19.9 Å². The molecule has 3 fully saturated rings. The Kier molecular flexibility index (Phi) is 8.87. The molecule has 1 aromatic carbocycles. The zero-order valence-corrected chi connectivity index (χ0v) is 18.3. The average molecular weight is 430 g/mol. The molecule has 0 spiro atoms. The molecule has 5 nitrogen and oxygen atoms in total. The molecule has 0 radical (unpaired) electrons. The topological polar surface area (TPSA) is 44.8 Å². The Labute approximate surface area is 181 Å². The Hall–Kier alpha value is -1.01. The smallest absolute Gasteiger partial charge is 0.222 e. The molecule has 1 N–H and O–H groups in total. The number of ether oxygens (including phenoxy) is 1. The monoisotopic (exact) mass is 429 g/mol. The van der Waals surface area contributed by atoms with Crippen molar-refractivity contribution in [3.05, 3.63) is 29.8 Å². The van der Waals surface area contributed by atoms with E-state index in [0.717, 1.165) is 26.3 Å². The van der Waals surface area contributed by atoms with Crippen LogP contribution in [0.25, 0.3) is 0 Å². The van der Waals surface area contributed by atoms with Gasteiger partial charge >= 0.3 is 0 Å². The van der Waals surface area contributed by atoms with Gasteiger partial charge in [0.25, 0.3) is 0 Å². The van der Waals surface area contributed by atoms with Crippen LogP contribution in [0, 0.1) is 5.92 Å². The maximum Gasteiger partial charge on any atom is 0.222 e. The molecule has 3 aliphatic heterocycles. The van der Waals surface area contributed by atoms with Crippen molar-refractivity contribution >= 4 is 36.4 Å². The van der Waals surface area contributed by atoms with Gasteiger partial charge in [0.2, 0.25) is 5.91 Å². The molecule has 1 aromatic rings. The van der Waals surface area contributed by atoms with Crippen LogP contribution in [0.2, 0.25) is 0 Å². The largest absolute Gasteiger partial charge is 0.378 e. The fraction of sp³-hybridized carbons (Fsp3) is 0.667. The molecule has 1 amide bonds. The van der Waals surface area contributed by atoms with Crippen LogP contribution < -0.4 is 10.2 Å². The van der Waals surface area contributed by atoms with Gasteiger partial charge in [0.05, 0.1) is 13.2 Å². The predicted octanol–water partition coefficient (Wildman–Crippen LogP) is 3.25. The third-order valence-electron chi connectivity index (χ3n) is 6.21. The molecule has 4 rings (SSSR count). The number of carbonyl (C=O) groups excluding carboxylic acids is 1. The number of carbonyl (C=O) groups is 1. The second kappa shape index (κ2) is 10.7. The second-order valence-corrected chi connectivity index (χ2v) is 8.16. The summed E-state index contributed by atoms with van der Waals surface area (Å²) in [7, 11) is 1.95. The first-order chi connectivity index (χ1) is 12.7. The highest BCUT2D eigenvalue weighted by molar-refractivity contribution is 5.85. The Balaban J connectivity index is 0.00000140. The van der Waals surface area contributed by atoms with Gasteiger partial charge in [-0.15, -0.1) is 24.8 Å². The first-order valence-corrected chi connectivity index (χ1v) is 10.1. The summed E-state index contributed by atoms with van der Waals surface area (Å²) < 4.78 is 5.48. The lowest BCUT2D eigenvalue weighted by atomic mass is 9.89. The van der Waals surface area contributed by atoms with Crippen molar-refractivity contribution < 1.29 is 9.53 Å². The van der Waals surface area contributed by atoms with Crippen LogP contribution >= 0.6 is 24.8 Å². The molecule has 158 valence electrons. The second-order valence-electron chi connectivity index (χ2n) is 8.16. The van der Waals surface area contributed by atoms with Crippen molar-refractivity contribution in [1.29, 1.82) is 0 Å². The molecule has 3 aliphatic rings. The van der Waals surface area contributed by atoms with E-state index < -0.39 is 0 Å². The van der Waals surface area contributed by atoms with Gasteiger partial charge in [-0.05, 0) is 43.2 Å². The maximum absolute atomic E-state index is 12.8. The molecule has 7 heteroatoms. The summed E-state index contributed by atoms with van der Waals surface area (Å²) in [6.07, 6.45) is 5.61. The number of amides is 1. The van der Waals surface area contributed by atoms with Gasteiger partial charge in [0.1, 0.15) is 0 Å². The lowest BCUT2D eigenvalue weighted by molar-refractivity contribution is -0.131. The number of fused-ring (bicyclic) bond motifs is 2. The number of nitrogens with zero attached hydrogens (tertiary/aromatic N) is 2. The van der Waals surface area contributed by atoms with Crippen molar-refractivity contribution in [1.82, 2.24) is 10.2 Å². The molecule has 0 aliphatic carbocycles. The van der Waals surface area contributed by atoms with Gasteiger partial charge in [-0.3, -0.25) is 4.79 Å². The molecular weight excluding hydrogens is 397 g/mol. The maximum atomic E-state index is 12.8. The van der Waals surface area contributed by atoms with E-state index in [2.05, 4.69) is 34.5 Å². The minimum Gasteiger partial charge on any atom is -0.378 e. The quantitative estimate of drug-likeness (QED) is 0.779. The van der Waals surface area contributed by atoms with Crippen molar-refractivity contribution in [2.45, 2.75) is 50.7 Å². The van der Waals surface area contributed by atoms with Gasteiger partial charge in [0, 0.05) is 50.9 Å². The fourth-order valence-electron chi connectivity index (χ4n) is 4.85. The van der Waals surface area contributed by atoms with Crippen LogP contribution in [-0.4, -0.2) is 56.2 Å². The molecule has 3 heterocycles. The van der Waals surface area contributed by atoms with Crippen LogP contribution in [0.1, 0.15) is 37.7 Å². The predicted molar refractivity (Wildman–Crippen MR) is 118 cm³/mol. The molecule has 0 aromatic heterocycles. The Morgan fingerprint density at radius 1 is 1.14 bits per heavy atom. The van der Waals surface area contributed by atoms with Crippen LogP contribution in [0.3, 0.4) is 0 Å². The molecule has 3 saturated heterocycles. The highest BCUT2D eigenvalue weighted by Gasteiger charge is 2.34. The van der Waals surface area contributed by atoms with E-state index in [0.29, 0.717) is 31.0 Å². The average Bonchev–Trinajstić information content (AvgIpc) is 3.01. The zero-order valence-electron chi connectivity index (χ0n) is 16.6. The standard InChI is InChI=1S/C21H31N3O2.2ClH/c1-23(21(25)14-16-12-18-6-7-19(13-16)22-18)15-17-4-2-3-5-20(17)24-8-10-26-11-9-24;;/h2-5,16,18-19,22H,6-15H2,1H3;2*1H. The number of hydrogen-bond donors (Lipinski definition) is 1. The summed E-state index contributed by atoms with van der Waals surface area (Å²) in [4.78, 5) is 17.1. The third-order valence-corrected chi connectivity index (χ3v) is 6.21. The van der Waals surface area contributed by atoms with Crippen molar-refractivity contribution in [3.8, 4) is 0 Å². The van der Waals surface area contributed by atoms with Gasteiger partial charge in [-0.1, -0.05) is 18.2 Å². The first-order valence-electron chi connectivity index (χ1n) is 10.1. The number of anilines is 1. The minimum absolute atomic E-state index is 0. The first kappa shape index (κ1) is 23.3. The summed E-state index contributed by atoms with van der Waals surface area (Å²) in [5.41, 5.74) is 2.48. The van der Waals surface area contributed by atoms with E-state index in [1.54, 1.807) is 0 Å². The van der Waals surface area contributed by atoms with Crippen molar-refractivity contribution in [3.63, 3.8) is 0 Å². The number of morpholine rings is 1. The van der Waals surface area contributed by atoms with Crippen LogP contribution in [0.4, 0.5) is 5.69 Å². The van der Waals surface area contributed by atoms with E-state index in [-0.39, 0.29) is 30.7 Å². The van der Waals surface area contributed by atoms with Gasteiger partial charge in [0.15, 0.2) is 0 Å². The number of benzene rings is 1. The number of piperidine rings is 1. The Morgan fingerprint density at radius 3 is 2.46 bits per heavy atom. The van der Waals surface area contributed by atoms with E-state index in [4.69, 9.17) is 4.74 Å². The van der Waals surface area contributed by atoms with Crippen molar-refractivity contribution in [2.75, 3.05) is 38.3 Å². The molecule has 0 saturated carbocycles. The number of nitrogens with one attached hydrogen (secondary N) is 1. The molecule has 28 heavy (non-hydrogen) atoms. The number of para-hydroxylation sites is 1. The van der Waals surface area contributed by atoms with E-state index >= 15 is 0 Å². The normalized spacial score (nSPS) is 26.2. The third kappa shape index (κ3) is 5.53. The Morgan fingerprint density at radius 2 is 1.79 bits per heavy atom. The summed E-state index contributed by atoms with van der Waals surface area (Å²) in [5, 5.41) is 3.67. The molecule has 2 bridgehead atoms. The van der Waals surface area contributed by atoms with E-state index in [9.17, 15) is 4.79 Å². The summed E-state index contributed by atoms with van der Waals surface area (Å²) in [6.45, 7) is 4.09. The molecular formula is C21H33Cl2N3O2. The number of halogens is 2. The van der Waals surface area contributed by atoms with Crippen LogP contribution in [0.15, 0.2) is 24.3 Å². The van der Waals surface area contributed by atoms with Crippen LogP contribution in [-0.2, 0) is 16.1 Å². The summed E-state index contributed by atoms with van der Waals surface area (Å²) in [5.74, 6) is 0.839. The number of rotatable bonds is 5. The molecule has 2 unspecified atom stereocenters. The lowest BCUT2D eigenvalue weighted by Gasteiger charge is -2.32. The van der Waals surface area contributed by atoms with E-state index in [1.165, 1.54) is 36.9 Å². The number of hydrogen-bond acceptors (Lipinski definition) is 4. The fourth-order valence-corrected chi connectivity index (χ4v) is 4.85. The lowest BCUT2D eigenvalue weighted by Crippen LogP contribution is -2.40. The highest BCUT2D eigenvalue weighted by Crippen LogP contribution is 2.33. The molecule has 2 atom stereocenters.